The summed E-state index contributed by atoms with van der Waals surface area (Å²) in [5.74, 6) is -2.75. The first-order valence-corrected chi connectivity index (χ1v) is 11.1. The van der Waals surface area contributed by atoms with E-state index in [0.29, 0.717) is 36.4 Å². The molecule has 0 bridgehead atoms. The molecule has 0 aliphatic heterocycles. The van der Waals surface area contributed by atoms with Crippen molar-refractivity contribution in [2.75, 3.05) is 5.32 Å². The zero-order valence-electron chi connectivity index (χ0n) is 17.2. The Hall–Kier alpha value is -2.74. The van der Waals surface area contributed by atoms with E-state index in [0.717, 1.165) is 28.8 Å². The maximum atomic E-state index is 13.0. The minimum atomic E-state index is -0.930. The molecule has 2 amide bonds. The van der Waals surface area contributed by atoms with E-state index in [9.17, 15) is 19.5 Å². The van der Waals surface area contributed by atoms with Crippen LogP contribution in [0.25, 0.3) is 0 Å². The van der Waals surface area contributed by atoms with Gasteiger partial charge in [0.25, 0.3) is 5.91 Å². The quantitative estimate of drug-likeness (QED) is 0.621. The van der Waals surface area contributed by atoms with Crippen molar-refractivity contribution in [1.82, 2.24) is 10.3 Å². The maximum Gasteiger partial charge on any atom is 0.307 e. The van der Waals surface area contributed by atoms with Crippen LogP contribution < -0.4 is 10.6 Å². The van der Waals surface area contributed by atoms with Gasteiger partial charge in [0, 0.05) is 23.8 Å². The number of amides is 2. The first kappa shape index (κ1) is 22.0. The number of aliphatic carboxylic acids is 1. The standard InChI is InChI=1S/C22H27N3O4S/c1-3-15-13(2)30-21(18(15)20(27)24-12-14-7-6-10-23-11-14)25-19(26)16-8-4-5-9-17(16)22(28)29/h6-7,10-11,16-17H,3-5,8-9,12H2,1-2H3,(H,24,27)(H,25,26)(H,28,29)/t16-,17+/m0/s1. The number of carboxylic acid groups (broad SMARTS) is 1. The molecule has 2 heterocycles. The van der Waals surface area contributed by atoms with Crippen molar-refractivity contribution in [2.45, 2.75) is 52.5 Å². The molecule has 160 valence electrons. The Kier molecular flexibility index (Phi) is 7.20. The number of carbonyl (C=O) groups excluding carboxylic acids is 2. The molecule has 2 aromatic heterocycles. The highest BCUT2D eigenvalue weighted by Gasteiger charge is 2.36. The van der Waals surface area contributed by atoms with Gasteiger partial charge in [-0.05, 0) is 43.4 Å². The fourth-order valence-electron chi connectivity index (χ4n) is 4.05. The Morgan fingerprint density at radius 3 is 2.60 bits per heavy atom. The summed E-state index contributed by atoms with van der Waals surface area (Å²) in [6.45, 7) is 4.24. The first-order chi connectivity index (χ1) is 14.4. The van der Waals surface area contributed by atoms with Crippen molar-refractivity contribution in [2.24, 2.45) is 11.8 Å². The highest BCUT2D eigenvalue weighted by atomic mass is 32.1. The molecule has 0 unspecified atom stereocenters. The number of aryl methyl sites for hydroxylation is 1. The van der Waals surface area contributed by atoms with Gasteiger partial charge in [0.1, 0.15) is 5.00 Å². The predicted molar refractivity (Wildman–Crippen MR) is 116 cm³/mol. The Labute approximate surface area is 179 Å². The van der Waals surface area contributed by atoms with Crippen LogP contribution in [-0.4, -0.2) is 27.9 Å². The van der Waals surface area contributed by atoms with Crippen molar-refractivity contribution < 1.29 is 19.5 Å². The normalized spacial score (nSPS) is 18.6. The van der Waals surface area contributed by atoms with E-state index < -0.39 is 17.8 Å². The van der Waals surface area contributed by atoms with Gasteiger partial charge in [0.15, 0.2) is 0 Å². The molecular weight excluding hydrogens is 402 g/mol. The van der Waals surface area contributed by atoms with Crippen molar-refractivity contribution in [3.63, 3.8) is 0 Å². The van der Waals surface area contributed by atoms with Crippen LogP contribution in [0.2, 0.25) is 0 Å². The second-order valence-electron chi connectivity index (χ2n) is 7.56. The van der Waals surface area contributed by atoms with Gasteiger partial charge < -0.3 is 15.7 Å². The Bertz CT molecular complexity index is 926. The van der Waals surface area contributed by atoms with Gasteiger partial charge in [-0.3, -0.25) is 19.4 Å². The van der Waals surface area contributed by atoms with Crippen molar-refractivity contribution >= 4 is 34.1 Å². The molecule has 7 nitrogen and oxygen atoms in total. The van der Waals surface area contributed by atoms with Crippen LogP contribution in [0, 0.1) is 18.8 Å². The van der Waals surface area contributed by atoms with Crippen LogP contribution in [0.1, 0.15) is 59.0 Å². The monoisotopic (exact) mass is 429 g/mol. The predicted octanol–water partition coefficient (Wildman–Crippen LogP) is 3.77. The van der Waals surface area contributed by atoms with Gasteiger partial charge in [0.05, 0.1) is 17.4 Å². The van der Waals surface area contributed by atoms with Gasteiger partial charge in [-0.1, -0.05) is 25.8 Å². The zero-order chi connectivity index (χ0) is 21.7. The van der Waals surface area contributed by atoms with Gasteiger partial charge in [-0.15, -0.1) is 11.3 Å². The molecular formula is C22H27N3O4S. The number of carbonyl (C=O) groups is 3. The lowest BCUT2D eigenvalue weighted by Crippen LogP contribution is -2.36. The fraction of sp³-hybridized carbons (Fsp3) is 0.455. The third-order valence-electron chi connectivity index (χ3n) is 5.62. The van der Waals surface area contributed by atoms with E-state index in [2.05, 4.69) is 15.6 Å². The number of pyridine rings is 1. The van der Waals surface area contributed by atoms with Crippen molar-refractivity contribution in [3.8, 4) is 0 Å². The van der Waals surface area contributed by atoms with Crippen LogP contribution in [0.15, 0.2) is 24.5 Å². The Morgan fingerprint density at radius 2 is 1.97 bits per heavy atom. The van der Waals surface area contributed by atoms with E-state index in [1.165, 1.54) is 11.3 Å². The average Bonchev–Trinajstić information content (AvgIpc) is 3.07. The smallest absolute Gasteiger partial charge is 0.307 e. The van der Waals surface area contributed by atoms with Gasteiger partial charge >= 0.3 is 5.97 Å². The number of hydrogen-bond acceptors (Lipinski definition) is 5. The van der Waals surface area contributed by atoms with Gasteiger partial charge in [-0.25, -0.2) is 0 Å². The summed E-state index contributed by atoms with van der Waals surface area (Å²) in [5, 5.41) is 15.8. The molecule has 1 saturated carbocycles. The van der Waals surface area contributed by atoms with E-state index in [1.807, 2.05) is 26.0 Å². The topological polar surface area (TPSA) is 108 Å². The lowest BCUT2D eigenvalue weighted by atomic mass is 9.79. The van der Waals surface area contributed by atoms with Crippen LogP contribution in [-0.2, 0) is 22.6 Å². The molecule has 8 heteroatoms. The largest absolute Gasteiger partial charge is 0.481 e. The number of aromatic nitrogens is 1. The molecule has 0 aromatic carbocycles. The second-order valence-corrected chi connectivity index (χ2v) is 8.79. The molecule has 0 spiro atoms. The number of rotatable bonds is 7. The third-order valence-corrected chi connectivity index (χ3v) is 6.69. The number of carboxylic acids is 1. The second kappa shape index (κ2) is 9.84. The summed E-state index contributed by atoms with van der Waals surface area (Å²) in [6.07, 6.45) is 6.75. The molecule has 1 fully saturated rings. The average molecular weight is 430 g/mol. The number of hydrogen-bond donors (Lipinski definition) is 3. The fourth-order valence-corrected chi connectivity index (χ4v) is 5.20. The lowest BCUT2D eigenvalue weighted by Gasteiger charge is -2.27. The Morgan fingerprint density at radius 1 is 1.23 bits per heavy atom. The molecule has 1 aliphatic carbocycles. The van der Waals surface area contributed by atoms with Crippen molar-refractivity contribution in [1.29, 1.82) is 0 Å². The highest BCUT2D eigenvalue weighted by Crippen LogP contribution is 2.36. The van der Waals surface area contributed by atoms with E-state index in [-0.39, 0.29) is 11.8 Å². The molecule has 3 rings (SSSR count). The van der Waals surface area contributed by atoms with Crippen LogP contribution >= 0.6 is 11.3 Å². The summed E-state index contributed by atoms with van der Waals surface area (Å²) in [7, 11) is 0. The van der Waals surface area contributed by atoms with Gasteiger partial charge in [-0.2, -0.15) is 0 Å². The highest BCUT2D eigenvalue weighted by molar-refractivity contribution is 7.16. The lowest BCUT2D eigenvalue weighted by molar-refractivity contribution is -0.147. The zero-order valence-corrected chi connectivity index (χ0v) is 18.1. The molecule has 0 saturated heterocycles. The summed E-state index contributed by atoms with van der Waals surface area (Å²) in [4.78, 5) is 42.5. The number of thiophene rings is 1. The molecule has 2 atom stereocenters. The summed E-state index contributed by atoms with van der Waals surface area (Å²) in [5.41, 5.74) is 2.25. The summed E-state index contributed by atoms with van der Waals surface area (Å²) in [6, 6.07) is 3.69. The van der Waals surface area contributed by atoms with E-state index in [1.54, 1.807) is 12.4 Å². The molecule has 1 aliphatic rings. The van der Waals surface area contributed by atoms with E-state index >= 15 is 0 Å². The Balaban J connectivity index is 1.80. The van der Waals surface area contributed by atoms with Crippen molar-refractivity contribution in [3.05, 3.63) is 46.1 Å². The third kappa shape index (κ3) is 4.87. The minimum Gasteiger partial charge on any atom is -0.481 e. The van der Waals surface area contributed by atoms with Crippen LogP contribution in [0.4, 0.5) is 5.00 Å². The SMILES string of the molecule is CCc1c(C)sc(NC(=O)[C@H]2CCCC[C@H]2C(=O)O)c1C(=O)NCc1cccnc1. The first-order valence-electron chi connectivity index (χ1n) is 10.2. The molecule has 0 radical (unpaired) electrons. The summed E-state index contributed by atoms with van der Waals surface area (Å²) >= 11 is 1.36. The number of nitrogens with one attached hydrogen (secondary N) is 2. The molecule has 3 N–H and O–H groups in total. The minimum absolute atomic E-state index is 0.256. The van der Waals surface area contributed by atoms with Crippen LogP contribution in [0.3, 0.4) is 0 Å². The molecule has 30 heavy (non-hydrogen) atoms. The van der Waals surface area contributed by atoms with Gasteiger partial charge in [0.2, 0.25) is 5.91 Å². The number of nitrogens with zero attached hydrogens (tertiary/aromatic N) is 1. The number of anilines is 1. The van der Waals surface area contributed by atoms with Crippen LogP contribution in [0.5, 0.6) is 0 Å². The van der Waals surface area contributed by atoms with E-state index in [4.69, 9.17) is 0 Å². The maximum absolute atomic E-state index is 13.0. The molecule has 2 aromatic rings. The summed E-state index contributed by atoms with van der Waals surface area (Å²) < 4.78 is 0.